The van der Waals surface area contributed by atoms with Gasteiger partial charge in [-0.05, 0) is 45.4 Å². The largest absolute Gasteiger partial charge is 0.348 e. The van der Waals surface area contributed by atoms with E-state index in [-0.39, 0.29) is 24.4 Å². The second-order valence-corrected chi connectivity index (χ2v) is 5.86. The average molecular weight is 335 g/mol. The summed E-state index contributed by atoms with van der Waals surface area (Å²) in [5.41, 5.74) is 2.47. The summed E-state index contributed by atoms with van der Waals surface area (Å²) in [6.45, 7) is 5.07. The molecule has 2 heterocycles. The van der Waals surface area contributed by atoms with Gasteiger partial charge in [-0.15, -0.1) is 12.4 Å². The minimum atomic E-state index is -0.0415. The Morgan fingerprint density at radius 1 is 1.35 bits per heavy atom. The highest BCUT2D eigenvalue weighted by molar-refractivity contribution is 5.95. The quantitative estimate of drug-likeness (QED) is 0.906. The van der Waals surface area contributed by atoms with Crippen molar-refractivity contribution in [3.63, 3.8) is 0 Å². The summed E-state index contributed by atoms with van der Waals surface area (Å²) in [7, 11) is 0. The average Bonchev–Trinajstić information content (AvgIpc) is 2.92. The molecule has 0 aliphatic carbocycles. The van der Waals surface area contributed by atoms with Crippen molar-refractivity contribution in [1.29, 1.82) is 0 Å². The Morgan fingerprint density at radius 3 is 2.78 bits per heavy atom. The van der Waals surface area contributed by atoms with Crippen LogP contribution in [-0.2, 0) is 0 Å². The number of aromatic nitrogens is 2. The van der Waals surface area contributed by atoms with Crippen molar-refractivity contribution in [3.05, 3.63) is 47.8 Å². The highest BCUT2D eigenvalue weighted by Crippen LogP contribution is 2.15. The Morgan fingerprint density at radius 2 is 2.09 bits per heavy atom. The van der Waals surface area contributed by atoms with E-state index in [1.54, 1.807) is 10.9 Å². The molecule has 1 aromatic heterocycles. The van der Waals surface area contributed by atoms with Crippen LogP contribution < -0.4 is 10.6 Å². The van der Waals surface area contributed by atoms with Gasteiger partial charge >= 0.3 is 0 Å². The third kappa shape index (κ3) is 3.74. The Labute approximate surface area is 142 Å². The van der Waals surface area contributed by atoms with Gasteiger partial charge in [-0.3, -0.25) is 4.79 Å². The second kappa shape index (κ2) is 7.62. The van der Waals surface area contributed by atoms with Crippen LogP contribution in [0, 0.1) is 6.92 Å². The molecule has 23 heavy (non-hydrogen) atoms. The van der Waals surface area contributed by atoms with Crippen LogP contribution in [0.2, 0.25) is 0 Å². The molecule has 1 saturated heterocycles. The van der Waals surface area contributed by atoms with Gasteiger partial charge in [0.05, 0.1) is 23.1 Å². The fourth-order valence-corrected chi connectivity index (χ4v) is 2.95. The van der Waals surface area contributed by atoms with Gasteiger partial charge in [0.2, 0.25) is 0 Å². The molecular weight excluding hydrogens is 312 g/mol. The number of amides is 1. The molecule has 0 saturated carbocycles. The zero-order chi connectivity index (χ0) is 15.5. The van der Waals surface area contributed by atoms with Crippen LogP contribution in [0.5, 0.6) is 0 Å². The Hall–Kier alpha value is -1.85. The number of hydrogen-bond donors (Lipinski definition) is 2. The molecular formula is C17H23ClN4O. The zero-order valence-corrected chi connectivity index (χ0v) is 14.3. The molecule has 0 radical (unpaired) electrons. The smallest absolute Gasteiger partial charge is 0.255 e. The van der Waals surface area contributed by atoms with E-state index >= 15 is 0 Å². The molecule has 124 valence electrons. The topological polar surface area (TPSA) is 59.0 Å². The van der Waals surface area contributed by atoms with Crippen molar-refractivity contribution in [2.24, 2.45) is 0 Å². The number of rotatable bonds is 3. The number of halogens is 1. The van der Waals surface area contributed by atoms with Gasteiger partial charge in [0.15, 0.2) is 0 Å². The monoisotopic (exact) mass is 334 g/mol. The highest BCUT2D eigenvalue weighted by atomic mass is 35.5. The summed E-state index contributed by atoms with van der Waals surface area (Å²) in [5, 5.41) is 10.9. The molecule has 1 amide bonds. The van der Waals surface area contributed by atoms with Crippen LogP contribution >= 0.6 is 12.4 Å². The van der Waals surface area contributed by atoms with E-state index < -0.39 is 0 Å². The van der Waals surface area contributed by atoms with Gasteiger partial charge < -0.3 is 10.6 Å². The zero-order valence-electron chi connectivity index (χ0n) is 13.5. The van der Waals surface area contributed by atoms with Crippen LogP contribution in [0.25, 0.3) is 5.69 Å². The molecule has 2 aromatic rings. The molecule has 1 fully saturated rings. The summed E-state index contributed by atoms with van der Waals surface area (Å²) >= 11 is 0. The normalized spacial score (nSPS) is 20.6. The van der Waals surface area contributed by atoms with Crippen LogP contribution in [0.4, 0.5) is 0 Å². The number of benzene rings is 1. The summed E-state index contributed by atoms with van der Waals surface area (Å²) in [6.07, 6.45) is 3.77. The predicted octanol–water partition coefficient (Wildman–Crippen LogP) is 2.47. The van der Waals surface area contributed by atoms with E-state index in [2.05, 4.69) is 22.7 Å². The number of carbonyl (C=O) groups excluding carboxylic acids is 1. The number of nitrogens with one attached hydrogen (secondary N) is 2. The molecule has 1 aromatic carbocycles. The van der Waals surface area contributed by atoms with Gasteiger partial charge in [0.25, 0.3) is 5.91 Å². The lowest BCUT2D eigenvalue weighted by atomic mass is 9.99. The fraction of sp³-hybridized carbons (Fsp3) is 0.412. The van der Waals surface area contributed by atoms with Crippen LogP contribution in [-0.4, -0.2) is 34.3 Å². The van der Waals surface area contributed by atoms with Gasteiger partial charge in [-0.2, -0.15) is 5.10 Å². The highest BCUT2D eigenvalue weighted by Gasteiger charge is 2.24. The van der Waals surface area contributed by atoms with Gasteiger partial charge in [-0.25, -0.2) is 4.68 Å². The molecule has 0 spiro atoms. The first-order valence-electron chi connectivity index (χ1n) is 7.81. The van der Waals surface area contributed by atoms with E-state index in [0.717, 1.165) is 30.8 Å². The van der Waals surface area contributed by atoms with Crippen molar-refractivity contribution >= 4 is 18.3 Å². The van der Waals surface area contributed by atoms with Gasteiger partial charge in [0, 0.05) is 12.1 Å². The SMILES string of the molecule is Cc1c(C(=O)NC2CCCNC2C)cnn1-c1ccccc1.Cl. The van der Waals surface area contributed by atoms with Crippen molar-refractivity contribution in [3.8, 4) is 5.69 Å². The van der Waals surface area contributed by atoms with Gasteiger partial charge in [0.1, 0.15) is 0 Å². The standard InChI is InChI=1S/C17H22N4O.ClH/c1-12-16(9-6-10-18-12)20-17(22)15-11-19-21(13(15)2)14-7-4-3-5-8-14;/h3-5,7-8,11-12,16,18H,6,9-10H2,1-2H3,(H,20,22);1H. The molecule has 5 nitrogen and oxygen atoms in total. The second-order valence-electron chi connectivity index (χ2n) is 5.86. The number of piperidine rings is 1. The summed E-state index contributed by atoms with van der Waals surface area (Å²) < 4.78 is 1.80. The number of nitrogens with zero attached hydrogens (tertiary/aromatic N) is 2. The van der Waals surface area contributed by atoms with E-state index in [1.165, 1.54) is 0 Å². The fourth-order valence-electron chi connectivity index (χ4n) is 2.95. The minimum Gasteiger partial charge on any atom is -0.348 e. The number of hydrogen-bond acceptors (Lipinski definition) is 3. The molecule has 0 bridgehead atoms. The predicted molar refractivity (Wildman–Crippen MR) is 93.5 cm³/mol. The maximum Gasteiger partial charge on any atom is 0.255 e. The third-order valence-electron chi connectivity index (χ3n) is 4.33. The first kappa shape index (κ1) is 17.5. The molecule has 2 N–H and O–H groups in total. The van der Waals surface area contributed by atoms with Crippen molar-refractivity contribution < 1.29 is 4.79 Å². The van der Waals surface area contributed by atoms with Crippen LogP contribution in [0.3, 0.4) is 0 Å². The Balaban J connectivity index is 0.00000192. The van der Waals surface area contributed by atoms with Gasteiger partial charge in [-0.1, -0.05) is 18.2 Å². The van der Waals surface area contributed by atoms with Crippen molar-refractivity contribution in [2.45, 2.75) is 38.8 Å². The van der Waals surface area contributed by atoms with E-state index in [1.807, 2.05) is 37.3 Å². The third-order valence-corrected chi connectivity index (χ3v) is 4.33. The molecule has 6 heteroatoms. The number of carbonyl (C=O) groups is 1. The lowest BCUT2D eigenvalue weighted by molar-refractivity contribution is 0.0919. The molecule has 2 unspecified atom stereocenters. The Bertz CT molecular complexity index is 656. The summed E-state index contributed by atoms with van der Waals surface area (Å²) in [5.74, 6) is -0.0415. The number of para-hydroxylation sites is 1. The Kier molecular flexibility index (Phi) is 5.80. The van der Waals surface area contributed by atoms with Crippen molar-refractivity contribution in [2.75, 3.05) is 6.54 Å². The summed E-state index contributed by atoms with van der Waals surface area (Å²) in [6, 6.07) is 10.3. The lowest BCUT2D eigenvalue weighted by Crippen LogP contribution is -2.51. The molecule has 1 aliphatic rings. The van der Waals surface area contributed by atoms with Crippen molar-refractivity contribution in [1.82, 2.24) is 20.4 Å². The van der Waals surface area contributed by atoms with Crippen LogP contribution in [0.1, 0.15) is 35.8 Å². The minimum absolute atomic E-state index is 0. The van der Waals surface area contributed by atoms with Crippen LogP contribution in [0.15, 0.2) is 36.5 Å². The van der Waals surface area contributed by atoms with E-state index in [9.17, 15) is 4.79 Å². The maximum atomic E-state index is 12.5. The summed E-state index contributed by atoms with van der Waals surface area (Å²) in [4.78, 5) is 12.5. The molecule has 2 atom stereocenters. The lowest BCUT2D eigenvalue weighted by Gasteiger charge is -2.30. The molecule has 1 aliphatic heterocycles. The maximum absolute atomic E-state index is 12.5. The van der Waals surface area contributed by atoms with E-state index in [4.69, 9.17) is 0 Å². The first-order valence-corrected chi connectivity index (χ1v) is 7.81. The van der Waals surface area contributed by atoms with E-state index in [0.29, 0.717) is 11.6 Å². The molecule has 3 rings (SSSR count). The first-order chi connectivity index (χ1) is 10.7.